The molecule has 0 N–H and O–H groups in total. The summed E-state index contributed by atoms with van der Waals surface area (Å²) in [5.74, 6) is 0. The van der Waals surface area contributed by atoms with E-state index in [0.717, 1.165) is 34.1 Å². The summed E-state index contributed by atoms with van der Waals surface area (Å²) in [6.45, 7) is 22.4. The molecular weight excluding hydrogens is 797 g/mol. The van der Waals surface area contributed by atoms with E-state index in [1.165, 1.54) is 88.0 Å². The molecular formula is C64H60N2. The lowest BCUT2D eigenvalue weighted by Crippen LogP contribution is -2.14. The lowest BCUT2D eigenvalue weighted by Gasteiger charge is -2.31. The van der Waals surface area contributed by atoms with Crippen molar-refractivity contribution in [1.29, 1.82) is 0 Å². The Morgan fingerprint density at radius 2 is 0.545 bits per heavy atom. The van der Waals surface area contributed by atoms with Crippen molar-refractivity contribution in [2.24, 2.45) is 0 Å². The smallest absolute Gasteiger partial charge is 0.0546 e. The summed E-state index contributed by atoms with van der Waals surface area (Å²) in [7, 11) is 0. The van der Waals surface area contributed by atoms with Gasteiger partial charge in [-0.1, -0.05) is 185 Å². The van der Waals surface area contributed by atoms with Crippen LogP contribution in [0.1, 0.15) is 74.9 Å². The molecule has 326 valence electrons. The summed E-state index contributed by atoms with van der Waals surface area (Å²) in [5, 5.41) is 7.44. The highest BCUT2D eigenvalue weighted by molar-refractivity contribution is 6.32. The van der Waals surface area contributed by atoms with E-state index in [0.29, 0.717) is 0 Å². The maximum Gasteiger partial charge on any atom is 0.0546 e. The van der Waals surface area contributed by atoms with Crippen molar-refractivity contribution in [3.63, 3.8) is 0 Å². The van der Waals surface area contributed by atoms with Crippen molar-refractivity contribution in [1.82, 2.24) is 0 Å². The van der Waals surface area contributed by atoms with Gasteiger partial charge < -0.3 is 9.80 Å². The highest BCUT2D eigenvalue weighted by Crippen LogP contribution is 2.52. The van der Waals surface area contributed by atoms with Gasteiger partial charge in [-0.15, -0.1) is 0 Å². The highest BCUT2D eigenvalue weighted by Gasteiger charge is 2.26. The van der Waals surface area contributed by atoms with Crippen LogP contribution < -0.4 is 9.80 Å². The predicted octanol–water partition coefficient (Wildman–Crippen LogP) is 18.7. The molecule has 0 heterocycles. The Kier molecular flexibility index (Phi) is 10.6. The predicted molar refractivity (Wildman–Crippen MR) is 287 cm³/mol. The van der Waals surface area contributed by atoms with Crippen LogP contribution in [0, 0.1) is 27.7 Å². The summed E-state index contributed by atoms with van der Waals surface area (Å²) in [6.07, 6.45) is 0. The van der Waals surface area contributed by atoms with Crippen molar-refractivity contribution < 1.29 is 0 Å². The highest BCUT2D eigenvalue weighted by atomic mass is 15.1. The van der Waals surface area contributed by atoms with Crippen molar-refractivity contribution in [3.05, 3.63) is 215 Å². The van der Waals surface area contributed by atoms with Gasteiger partial charge in [0.25, 0.3) is 0 Å². The molecule has 0 aliphatic rings. The molecule has 0 saturated carbocycles. The zero-order chi connectivity index (χ0) is 46.1. The second-order valence-corrected chi connectivity index (χ2v) is 20.6. The number of rotatable bonds is 8. The number of hydrogen-bond donors (Lipinski definition) is 0. The van der Waals surface area contributed by atoms with Crippen molar-refractivity contribution in [2.75, 3.05) is 9.80 Å². The minimum Gasteiger partial charge on any atom is -0.310 e. The van der Waals surface area contributed by atoms with E-state index in [2.05, 4.69) is 261 Å². The molecule has 0 amide bonds. The van der Waals surface area contributed by atoms with E-state index >= 15 is 0 Å². The second kappa shape index (κ2) is 16.4. The summed E-state index contributed by atoms with van der Waals surface area (Å²) in [6, 6.07) is 69.1. The number of aryl methyl sites for hydroxylation is 4. The Balaban J connectivity index is 1.35. The van der Waals surface area contributed by atoms with E-state index in [1.807, 2.05) is 0 Å². The largest absolute Gasteiger partial charge is 0.310 e. The molecule has 0 aliphatic heterocycles. The zero-order valence-corrected chi connectivity index (χ0v) is 40.2. The monoisotopic (exact) mass is 856 g/mol. The van der Waals surface area contributed by atoms with Gasteiger partial charge in [0, 0.05) is 44.3 Å². The van der Waals surface area contributed by atoms with Crippen LogP contribution in [-0.2, 0) is 10.8 Å². The lowest BCUT2D eigenvalue weighted by molar-refractivity contribution is 0.590. The zero-order valence-electron chi connectivity index (χ0n) is 40.2. The Morgan fingerprint density at radius 3 is 0.833 bits per heavy atom. The van der Waals surface area contributed by atoms with Gasteiger partial charge in [-0.05, 0) is 143 Å². The van der Waals surface area contributed by atoms with Gasteiger partial charge in [0.15, 0.2) is 0 Å². The fraction of sp³-hybridized carbons (Fsp3) is 0.188. The molecule has 0 atom stereocenters. The van der Waals surface area contributed by atoms with Gasteiger partial charge in [0.1, 0.15) is 0 Å². The molecule has 10 aromatic rings. The van der Waals surface area contributed by atoms with Crippen LogP contribution >= 0.6 is 0 Å². The molecule has 10 aromatic carbocycles. The third-order valence-electron chi connectivity index (χ3n) is 13.6. The van der Waals surface area contributed by atoms with Crippen LogP contribution in [0.4, 0.5) is 34.1 Å². The Hall–Kier alpha value is -7.16. The minimum absolute atomic E-state index is 0.0345. The third kappa shape index (κ3) is 7.79. The minimum atomic E-state index is 0.0345. The first-order chi connectivity index (χ1) is 31.6. The maximum absolute atomic E-state index is 2.48. The molecule has 0 bridgehead atoms. The third-order valence-corrected chi connectivity index (χ3v) is 13.6. The number of hydrogen-bond acceptors (Lipinski definition) is 2. The van der Waals surface area contributed by atoms with Gasteiger partial charge in [0.05, 0.1) is 11.4 Å². The van der Waals surface area contributed by atoms with Crippen molar-refractivity contribution >= 4 is 66.4 Å². The van der Waals surface area contributed by atoms with Gasteiger partial charge in [-0.25, -0.2) is 0 Å². The molecule has 2 nitrogen and oxygen atoms in total. The van der Waals surface area contributed by atoms with Crippen LogP contribution in [0.5, 0.6) is 0 Å². The Morgan fingerprint density at radius 1 is 0.288 bits per heavy atom. The fourth-order valence-electron chi connectivity index (χ4n) is 9.73. The van der Waals surface area contributed by atoms with Gasteiger partial charge >= 0.3 is 0 Å². The Labute approximate surface area is 392 Å². The molecule has 0 spiro atoms. The van der Waals surface area contributed by atoms with Crippen molar-refractivity contribution in [2.45, 2.75) is 80.1 Å². The number of nitrogens with zero attached hydrogens (tertiary/aromatic N) is 2. The first-order valence-electron chi connectivity index (χ1n) is 23.5. The van der Waals surface area contributed by atoms with E-state index in [4.69, 9.17) is 0 Å². The average molecular weight is 857 g/mol. The summed E-state index contributed by atoms with van der Waals surface area (Å²) in [4.78, 5) is 4.96. The normalized spacial score (nSPS) is 12.1. The van der Waals surface area contributed by atoms with Gasteiger partial charge in [-0.2, -0.15) is 0 Å². The van der Waals surface area contributed by atoms with E-state index in [1.54, 1.807) is 0 Å². The van der Waals surface area contributed by atoms with Crippen LogP contribution in [0.3, 0.4) is 0 Å². The molecule has 2 heteroatoms. The van der Waals surface area contributed by atoms with E-state index < -0.39 is 0 Å². The topological polar surface area (TPSA) is 6.48 Å². The molecule has 0 aliphatic carbocycles. The van der Waals surface area contributed by atoms with Crippen LogP contribution in [0.15, 0.2) is 182 Å². The van der Waals surface area contributed by atoms with Gasteiger partial charge in [0.2, 0.25) is 0 Å². The van der Waals surface area contributed by atoms with Gasteiger partial charge in [-0.3, -0.25) is 0 Å². The summed E-state index contributed by atoms with van der Waals surface area (Å²) < 4.78 is 0. The summed E-state index contributed by atoms with van der Waals surface area (Å²) >= 11 is 0. The molecule has 0 aromatic heterocycles. The van der Waals surface area contributed by atoms with E-state index in [9.17, 15) is 0 Å². The molecule has 0 unspecified atom stereocenters. The molecule has 0 saturated heterocycles. The first-order valence-corrected chi connectivity index (χ1v) is 23.5. The number of anilines is 6. The molecule has 66 heavy (non-hydrogen) atoms. The molecule has 0 fully saturated rings. The fourth-order valence-corrected chi connectivity index (χ4v) is 9.73. The Bertz CT molecular complexity index is 3110. The average Bonchev–Trinajstić information content (AvgIpc) is 3.30. The quantitative estimate of drug-likeness (QED) is 0.141. The summed E-state index contributed by atoms with van der Waals surface area (Å²) in [5.41, 5.74) is 19.3. The standard InChI is InChI=1S/C64H60N2/c1-41-11-19-45(20-12-41)57-39-59(65(49-27-15-43(3)16-28-49)51-31-23-47(24-32-51)63(5,6)7)55-38-36-54-58(46-21-13-42(2)14-22-46)40-60(56-37-35-53(57)61(55)62(54)56)66(50-29-17-44(4)18-30-50)52-33-25-48(26-34-52)64(8,9)10/h11-40H,1-10H3. The van der Waals surface area contributed by atoms with E-state index in [-0.39, 0.29) is 10.8 Å². The van der Waals surface area contributed by atoms with Crippen LogP contribution in [-0.4, -0.2) is 0 Å². The van der Waals surface area contributed by atoms with Crippen LogP contribution in [0.25, 0.3) is 54.6 Å². The second-order valence-electron chi connectivity index (χ2n) is 20.6. The molecule has 10 rings (SSSR count). The molecule has 0 radical (unpaired) electrons. The maximum atomic E-state index is 2.48. The number of benzene rings is 10. The van der Waals surface area contributed by atoms with Crippen LogP contribution in [0.2, 0.25) is 0 Å². The lowest BCUT2D eigenvalue weighted by atomic mass is 9.84. The first kappa shape index (κ1) is 42.8. The van der Waals surface area contributed by atoms with Crippen molar-refractivity contribution in [3.8, 4) is 22.3 Å². The SMILES string of the molecule is Cc1ccc(-c2cc(N(c3ccc(C)cc3)c3ccc(C(C)(C)C)cc3)c3ccc4c(-c5ccc(C)cc5)cc(N(c5ccc(C)cc5)c5ccc(C(C)(C)C)cc5)c5ccc2c3c45)cc1.